The van der Waals surface area contributed by atoms with Crippen LogP contribution in [0.2, 0.25) is 0 Å². The molecule has 0 N–H and O–H groups in total. The normalized spacial score (nSPS) is 14.4. The third-order valence-corrected chi connectivity index (χ3v) is 7.40. The Morgan fingerprint density at radius 1 is 1.11 bits per heavy atom. The Bertz CT molecular complexity index is 1190. The lowest BCUT2D eigenvalue weighted by molar-refractivity contribution is -0.131. The second-order valence-corrected chi connectivity index (χ2v) is 10.5. The summed E-state index contributed by atoms with van der Waals surface area (Å²) in [5.74, 6) is 0.901. The van der Waals surface area contributed by atoms with Crippen LogP contribution in [-0.2, 0) is 22.6 Å². The van der Waals surface area contributed by atoms with Gasteiger partial charge in [-0.3, -0.25) is 14.2 Å². The van der Waals surface area contributed by atoms with Crippen LogP contribution in [0.5, 0.6) is 0 Å². The van der Waals surface area contributed by atoms with E-state index in [1.165, 1.54) is 24.6 Å². The van der Waals surface area contributed by atoms with Gasteiger partial charge >= 0.3 is 0 Å². The van der Waals surface area contributed by atoms with Gasteiger partial charge in [0.15, 0.2) is 5.16 Å². The fourth-order valence-electron chi connectivity index (χ4n) is 4.28. The zero-order valence-corrected chi connectivity index (χ0v) is 21.7. The van der Waals surface area contributed by atoms with Crippen molar-refractivity contribution in [3.8, 4) is 0 Å². The van der Waals surface area contributed by atoms with Crippen LogP contribution in [0, 0.1) is 5.92 Å². The molecule has 3 aromatic rings. The molecule has 1 aromatic heterocycles. The van der Waals surface area contributed by atoms with Crippen LogP contribution >= 0.6 is 11.8 Å². The molecule has 1 aliphatic carbocycles. The number of nitrogens with zero attached hydrogens (tertiary/aromatic N) is 3. The summed E-state index contributed by atoms with van der Waals surface area (Å²) in [7, 11) is 0. The van der Waals surface area contributed by atoms with E-state index in [2.05, 4.69) is 19.1 Å². The van der Waals surface area contributed by atoms with Crippen molar-refractivity contribution >= 4 is 28.6 Å². The SMILES string of the molecule is CC(C)OCCCn1c(SCC(=O)N(Cc2ccccc2)C(C)C2CC2)nc2ccccc2c1=O. The smallest absolute Gasteiger partial charge is 0.262 e. The number of carbonyl (C=O) groups excluding carboxylic acids is 1. The highest BCUT2D eigenvalue weighted by Crippen LogP contribution is 2.36. The number of thioether (sulfide) groups is 1. The minimum atomic E-state index is -0.0670. The second kappa shape index (κ2) is 11.9. The molecule has 6 nitrogen and oxygen atoms in total. The van der Waals surface area contributed by atoms with Crippen LogP contribution in [-0.4, -0.2) is 44.9 Å². The summed E-state index contributed by atoms with van der Waals surface area (Å²) < 4.78 is 7.37. The first-order valence-electron chi connectivity index (χ1n) is 12.5. The zero-order chi connectivity index (χ0) is 24.8. The third-order valence-electron chi connectivity index (χ3n) is 6.44. The fourth-order valence-corrected chi connectivity index (χ4v) is 5.19. The summed E-state index contributed by atoms with van der Waals surface area (Å²) in [6.07, 6.45) is 3.21. The van der Waals surface area contributed by atoms with Gasteiger partial charge in [-0.15, -0.1) is 0 Å². The molecule has 1 aliphatic rings. The summed E-state index contributed by atoms with van der Waals surface area (Å²) in [6.45, 7) is 7.83. The number of benzene rings is 2. The first-order valence-corrected chi connectivity index (χ1v) is 13.5. The lowest BCUT2D eigenvalue weighted by atomic mass is 10.1. The van der Waals surface area contributed by atoms with Gasteiger partial charge in [0, 0.05) is 25.7 Å². The Labute approximate surface area is 211 Å². The molecule has 7 heteroatoms. The molecule has 1 unspecified atom stereocenters. The molecule has 1 heterocycles. The number of ether oxygens (including phenoxy) is 1. The van der Waals surface area contributed by atoms with Crippen molar-refractivity contribution < 1.29 is 9.53 Å². The lowest BCUT2D eigenvalue weighted by Gasteiger charge is -2.29. The number of fused-ring (bicyclic) bond motifs is 1. The second-order valence-electron chi connectivity index (χ2n) is 9.52. The van der Waals surface area contributed by atoms with Crippen LogP contribution in [0.25, 0.3) is 10.9 Å². The average molecular weight is 494 g/mol. The van der Waals surface area contributed by atoms with Crippen molar-refractivity contribution in [1.29, 1.82) is 0 Å². The highest BCUT2D eigenvalue weighted by Gasteiger charge is 2.34. The number of amides is 1. The van der Waals surface area contributed by atoms with Crippen molar-refractivity contribution in [3.05, 3.63) is 70.5 Å². The van der Waals surface area contributed by atoms with Gasteiger partial charge in [-0.1, -0.05) is 54.2 Å². The number of carbonyl (C=O) groups is 1. The molecule has 35 heavy (non-hydrogen) atoms. The summed E-state index contributed by atoms with van der Waals surface area (Å²) in [5.41, 5.74) is 1.72. The number of rotatable bonds is 12. The predicted molar refractivity (Wildman–Crippen MR) is 142 cm³/mol. The third kappa shape index (κ3) is 6.73. The van der Waals surface area contributed by atoms with Gasteiger partial charge in [0.2, 0.25) is 5.91 Å². The maximum Gasteiger partial charge on any atom is 0.262 e. The molecular formula is C28H35N3O3S. The van der Waals surface area contributed by atoms with Crippen LogP contribution in [0.1, 0.15) is 45.6 Å². The van der Waals surface area contributed by atoms with E-state index < -0.39 is 0 Å². The molecule has 0 radical (unpaired) electrons. The first kappa shape index (κ1) is 25.5. The molecule has 0 bridgehead atoms. The fraction of sp³-hybridized carbons (Fsp3) is 0.464. The molecular weight excluding hydrogens is 458 g/mol. The molecule has 1 fully saturated rings. The molecule has 186 valence electrons. The predicted octanol–water partition coefficient (Wildman–Crippen LogP) is 5.13. The molecule has 2 aromatic carbocycles. The minimum absolute atomic E-state index is 0.0670. The van der Waals surface area contributed by atoms with Crippen LogP contribution in [0.4, 0.5) is 0 Å². The number of aromatic nitrogens is 2. The van der Waals surface area contributed by atoms with Crippen molar-refractivity contribution in [2.75, 3.05) is 12.4 Å². The van der Waals surface area contributed by atoms with Crippen molar-refractivity contribution in [3.63, 3.8) is 0 Å². The van der Waals surface area contributed by atoms with E-state index in [9.17, 15) is 9.59 Å². The summed E-state index contributed by atoms with van der Waals surface area (Å²) in [5, 5.41) is 1.19. The van der Waals surface area contributed by atoms with Gasteiger partial charge in [0.1, 0.15) is 0 Å². The van der Waals surface area contributed by atoms with Crippen molar-refractivity contribution in [2.45, 2.75) is 70.4 Å². The number of para-hydroxylation sites is 1. The minimum Gasteiger partial charge on any atom is -0.379 e. The monoisotopic (exact) mass is 493 g/mol. The quantitative estimate of drug-likeness (QED) is 0.199. The van der Waals surface area contributed by atoms with Gasteiger partial charge in [-0.2, -0.15) is 0 Å². The Balaban J connectivity index is 1.53. The Morgan fingerprint density at radius 3 is 2.54 bits per heavy atom. The van der Waals surface area contributed by atoms with E-state index in [1.54, 1.807) is 4.57 Å². The molecule has 4 rings (SSSR count). The van der Waals surface area contributed by atoms with Crippen molar-refractivity contribution in [2.24, 2.45) is 5.92 Å². The average Bonchev–Trinajstić information content (AvgIpc) is 3.71. The van der Waals surface area contributed by atoms with Crippen LogP contribution in [0.3, 0.4) is 0 Å². The van der Waals surface area contributed by atoms with Gasteiger partial charge in [0.05, 0.1) is 22.8 Å². The summed E-state index contributed by atoms with van der Waals surface area (Å²) in [4.78, 5) is 33.5. The maximum absolute atomic E-state index is 13.5. The Hall–Kier alpha value is -2.64. The molecule has 0 aliphatic heterocycles. The molecule has 1 amide bonds. The van der Waals surface area contributed by atoms with E-state index in [0.29, 0.717) is 48.1 Å². The highest BCUT2D eigenvalue weighted by molar-refractivity contribution is 7.99. The maximum atomic E-state index is 13.5. The van der Waals surface area contributed by atoms with E-state index in [0.717, 1.165) is 5.56 Å². The number of hydrogen-bond donors (Lipinski definition) is 0. The lowest BCUT2D eigenvalue weighted by Crippen LogP contribution is -2.40. The summed E-state index contributed by atoms with van der Waals surface area (Å²) in [6, 6.07) is 17.7. The molecule has 1 saturated carbocycles. The first-order chi connectivity index (χ1) is 16.9. The zero-order valence-electron chi connectivity index (χ0n) is 20.9. The Morgan fingerprint density at radius 2 is 1.83 bits per heavy atom. The van der Waals surface area contributed by atoms with E-state index in [4.69, 9.17) is 9.72 Å². The van der Waals surface area contributed by atoms with Crippen LogP contribution in [0.15, 0.2) is 64.5 Å². The highest BCUT2D eigenvalue weighted by atomic mass is 32.2. The van der Waals surface area contributed by atoms with Crippen LogP contribution < -0.4 is 5.56 Å². The number of hydrogen-bond acceptors (Lipinski definition) is 5. The van der Waals surface area contributed by atoms with Gasteiger partial charge < -0.3 is 9.64 Å². The van der Waals surface area contributed by atoms with Gasteiger partial charge in [-0.25, -0.2) is 4.98 Å². The van der Waals surface area contributed by atoms with E-state index in [-0.39, 0.29) is 29.4 Å². The molecule has 0 saturated heterocycles. The van der Waals surface area contributed by atoms with Gasteiger partial charge in [0.25, 0.3) is 5.56 Å². The summed E-state index contributed by atoms with van der Waals surface area (Å²) >= 11 is 1.36. The van der Waals surface area contributed by atoms with Gasteiger partial charge in [-0.05, 0) is 63.6 Å². The molecule has 0 spiro atoms. The van der Waals surface area contributed by atoms with Crippen molar-refractivity contribution in [1.82, 2.24) is 14.5 Å². The standard InChI is InChI=1S/C28H35N3O3S/c1-20(2)34-17-9-16-30-27(33)24-12-7-8-13-25(24)29-28(30)35-19-26(32)31(21(3)23-14-15-23)18-22-10-5-4-6-11-22/h4-8,10-13,20-21,23H,9,14-19H2,1-3H3. The topological polar surface area (TPSA) is 64.4 Å². The van der Waals surface area contributed by atoms with E-state index >= 15 is 0 Å². The molecule has 1 atom stereocenters. The van der Waals surface area contributed by atoms with E-state index in [1.807, 2.05) is 61.2 Å². The largest absolute Gasteiger partial charge is 0.379 e. The Kier molecular flexibility index (Phi) is 8.63.